The number of carbonyl (C=O) groups is 3. The monoisotopic (exact) mass is 359 g/mol. The number of alkyl halides is 3. The molecule has 142 valence electrons. The fourth-order valence-electron chi connectivity index (χ4n) is 1.41. The van der Waals surface area contributed by atoms with Crippen molar-refractivity contribution in [2.24, 2.45) is 17.4 Å². The topological polar surface area (TPSA) is 156 Å². The number of carbonyl (C=O) groups excluding carboxylic acids is 1. The van der Waals surface area contributed by atoms with Crippen molar-refractivity contribution in [3.63, 3.8) is 0 Å². The van der Waals surface area contributed by atoms with Crippen LogP contribution in [0.3, 0.4) is 0 Å². The molecule has 0 unspecified atom stereocenters. The Morgan fingerprint density at radius 1 is 1.12 bits per heavy atom. The van der Waals surface area contributed by atoms with Gasteiger partial charge in [-0.05, 0) is 25.3 Å². The largest absolute Gasteiger partial charge is 0.490 e. The van der Waals surface area contributed by atoms with Gasteiger partial charge in [-0.1, -0.05) is 20.3 Å². The molecule has 0 saturated carbocycles. The highest BCUT2D eigenvalue weighted by molar-refractivity contribution is 5.86. The third kappa shape index (κ3) is 11.7. The second kappa shape index (κ2) is 11.6. The minimum absolute atomic E-state index is 0.173. The summed E-state index contributed by atoms with van der Waals surface area (Å²) >= 11 is 0. The molecule has 0 aromatic heterocycles. The van der Waals surface area contributed by atoms with Crippen LogP contribution in [-0.4, -0.2) is 52.9 Å². The summed E-state index contributed by atoms with van der Waals surface area (Å²) < 4.78 is 31.7. The van der Waals surface area contributed by atoms with Crippen LogP contribution in [-0.2, 0) is 14.4 Å². The minimum Gasteiger partial charge on any atom is -0.480 e. The van der Waals surface area contributed by atoms with E-state index in [0.717, 1.165) is 12.8 Å². The maximum absolute atomic E-state index is 11.6. The van der Waals surface area contributed by atoms with Gasteiger partial charge < -0.3 is 27.0 Å². The quantitative estimate of drug-likeness (QED) is 0.390. The Morgan fingerprint density at radius 2 is 1.58 bits per heavy atom. The van der Waals surface area contributed by atoms with Crippen molar-refractivity contribution in [2.45, 2.75) is 51.4 Å². The zero-order valence-corrected chi connectivity index (χ0v) is 13.5. The molecule has 0 radical (unpaired) electrons. The predicted octanol–water partition coefficient (Wildman–Crippen LogP) is 0.301. The Morgan fingerprint density at radius 3 is 1.88 bits per heavy atom. The zero-order valence-electron chi connectivity index (χ0n) is 13.5. The number of carboxylic acid groups (broad SMARTS) is 2. The second-order valence-corrected chi connectivity index (χ2v) is 5.26. The summed E-state index contributed by atoms with van der Waals surface area (Å²) in [5, 5.41) is 18.5. The van der Waals surface area contributed by atoms with Gasteiger partial charge in [-0.25, -0.2) is 9.59 Å². The highest BCUT2D eigenvalue weighted by Gasteiger charge is 2.38. The Bertz CT molecular complexity index is 416. The van der Waals surface area contributed by atoms with Gasteiger partial charge >= 0.3 is 18.1 Å². The number of nitrogens with one attached hydrogen (secondary N) is 1. The van der Waals surface area contributed by atoms with Crippen LogP contribution in [0.5, 0.6) is 0 Å². The molecule has 8 nitrogen and oxygen atoms in total. The molecule has 0 saturated heterocycles. The Balaban J connectivity index is 0. The van der Waals surface area contributed by atoms with E-state index in [4.69, 9.17) is 26.5 Å². The van der Waals surface area contributed by atoms with Crippen LogP contribution in [0.2, 0.25) is 0 Å². The van der Waals surface area contributed by atoms with Crippen molar-refractivity contribution in [1.82, 2.24) is 5.32 Å². The molecule has 0 aliphatic heterocycles. The molecule has 0 aromatic rings. The lowest BCUT2D eigenvalue weighted by Gasteiger charge is -2.20. The molecular weight excluding hydrogens is 335 g/mol. The van der Waals surface area contributed by atoms with Crippen LogP contribution < -0.4 is 16.8 Å². The first-order chi connectivity index (χ1) is 10.8. The summed E-state index contributed by atoms with van der Waals surface area (Å²) in [5.41, 5.74) is 11.0. The van der Waals surface area contributed by atoms with Gasteiger partial charge in [0.2, 0.25) is 5.91 Å². The molecule has 0 spiro atoms. The van der Waals surface area contributed by atoms with Crippen LogP contribution >= 0.6 is 0 Å². The van der Waals surface area contributed by atoms with Crippen LogP contribution in [0.15, 0.2) is 0 Å². The van der Waals surface area contributed by atoms with Crippen molar-refractivity contribution in [3.8, 4) is 0 Å². The van der Waals surface area contributed by atoms with E-state index in [0.29, 0.717) is 13.0 Å². The number of halogens is 3. The summed E-state index contributed by atoms with van der Waals surface area (Å²) in [7, 11) is 0. The van der Waals surface area contributed by atoms with Gasteiger partial charge in [-0.15, -0.1) is 0 Å². The lowest BCUT2D eigenvalue weighted by Crippen LogP contribution is -2.50. The smallest absolute Gasteiger partial charge is 0.480 e. The van der Waals surface area contributed by atoms with Gasteiger partial charge in [0.05, 0.1) is 6.04 Å². The summed E-state index contributed by atoms with van der Waals surface area (Å²) in [4.78, 5) is 31.4. The minimum atomic E-state index is -5.08. The highest BCUT2D eigenvalue weighted by atomic mass is 19.4. The van der Waals surface area contributed by atoms with Gasteiger partial charge in [0.25, 0.3) is 0 Å². The third-order valence-corrected chi connectivity index (χ3v) is 2.78. The number of rotatable bonds is 8. The molecule has 0 aromatic carbocycles. The zero-order chi connectivity index (χ0) is 19.5. The van der Waals surface area contributed by atoms with Gasteiger partial charge in [0.1, 0.15) is 6.04 Å². The first-order valence-corrected chi connectivity index (χ1v) is 7.13. The number of hydrogen-bond acceptors (Lipinski definition) is 5. The van der Waals surface area contributed by atoms with Crippen molar-refractivity contribution < 1.29 is 37.8 Å². The standard InChI is InChI=1S/C11H23N3O3.C2HF3O2/c1-7(2)9(11(16)17)14-10(15)8(13)5-3-4-6-12;3-2(4,5)1(6)7/h7-9H,3-6,12-13H2,1-2H3,(H,14,15)(H,16,17);(H,6,7)/t8-,9-;/m0./s1. The van der Waals surface area contributed by atoms with Crippen LogP contribution in [0.4, 0.5) is 13.2 Å². The van der Waals surface area contributed by atoms with Gasteiger partial charge in [0, 0.05) is 0 Å². The lowest BCUT2D eigenvalue weighted by molar-refractivity contribution is -0.192. The fourth-order valence-corrected chi connectivity index (χ4v) is 1.41. The molecule has 0 rings (SSSR count). The van der Waals surface area contributed by atoms with E-state index in [1.807, 2.05) is 0 Å². The Labute approximate surface area is 137 Å². The normalized spacial score (nSPS) is 13.5. The van der Waals surface area contributed by atoms with Gasteiger partial charge in [0.15, 0.2) is 0 Å². The maximum atomic E-state index is 11.6. The molecule has 0 aliphatic carbocycles. The van der Waals surface area contributed by atoms with E-state index in [2.05, 4.69) is 5.32 Å². The van der Waals surface area contributed by atoms with E-state index < -0.39 is 36.1 Å². The lowest BCUT2D eigenvalue weighted by atomic mass is 10.0. The molecule has 24 heavy (non-hydrogen) atoms. The van der Waals surface area contributed by atoms with Crippen LogP contribution in [0.25, 0.3) is 0 Å². The maximum Gasteiger partial charge on any atom is 0.490 e. The Hall–Kier alpha value is -1.88. The van der Waals surface area contributed by atoms with E-state index in [-0.39, 0.29) is 5.92 Å². The molecule has 0 aliphatic rings. The molecule has 0 bridgehead atoms. The highest BCUT2D eigenvalue weighted by Crippen LogP contribution is 2.13. The van der Waals surface area contributed by atoms with Crippen molar-refractivity contribution in [2.75, 3.05) is 6.54 Å². The number of amides is 1. The van der Waals surface area contributed by atoms with Crippen molar-refractivity contribution in [3.05, 3.63) is 0 Å². The molecule has 0 heterocycles. The molecule has 2 atom stereocenters. The Kier molecular flexibility index (Phi) is 11.8. The van der Waals surface area contributed by atoms with Crippen LogP contribution in [0.1, 0.15) is 33.1 Å². The predicted molar refractivity (Wildman–Crippen MR) is 79.0 cm³/mol. The van der Waals surface area contributed by atoms with Gasteiger partial charge in [-0.3, -0.25) is 4.79 Å². The number of aliphatic carboxylic acids is 2. The average Bonchev–Trinajstić information content (AvgIpc) is 2.43. The van der Waals surface area contributed by atoms with Crippen molar-refractivity contribution in [1.29, 1.82) is 0 Å². The summed E-state index contributed by atoms with van der Waals surface area (Å²) in [6.07, 6.45) is -2.98. The number of hydrogen-bond donors (Lipinski definition) is 5. The van der Waals surface area contributed by atoms with E-state index in [9.17, 15) is 22.8 Å². The fraction of sp³-hybridized carbons (Fsp3) is 0.769. The SMILES string of the molecule is CC(C)[C@H](NC(=O)[C@@H](N)CCCCN)C(=O)O.O=C(O)C(F)(F)F. The molecule has 7 N–H and O–H groups in total. The first kappa shape index (κ1) is 24.4. The number of unbranched alkanes of at least 4 members (excludes halogenated alkanes) is 1. The summed E-state index contributed by atoms with van der Waals surface area (Å²) in [6.45, 7) is 4.04. The molecule has 0 fully saturated rings. The molecule has 1 amide bonds. The number of nitrogens with two attached hydrogens (primary N) is 2. The second-order valence-electron chi connectivity index (χ2n) is 5.26. The van der Waals surface area contributed by atoms with Crippen LogP contribution in [0, 0.1) is 5.92 Å². The third-order valence-electron chi connectivity index (χ3n) is 2.78. The molecular formula is C13H24F3N3O5. The first-order valence-electron chi connectivity index (χ1n) is 7.13. The van der Waals surface area contributed by atoms with Crippen molar-refractivity contribution >= 4 is 17.8 Å². The summed E-state index contributed by atoms with van der Waals surface area (Å²) in [6, 6.07) is -1.55. The summed E-state index contributed by atoms with van der Waals surface area (Å²) in [5.74, 6) is -4.38. The van der Waals surface area contributed by atoms with E-state index in [1.54, 1.807) is 13.8 Å². The average molecular weight is 359 g/mol. The molecule has 11 heteroatoms. The van der Waals surface area contributed by atoms with E-state index >= 15 is 0 Å². The van der Waals surface area contributed by atoms with Gasteiger partial charge in [-0.2, -0.15) is 13.2 Å². The van der Waals surface area contributed by atoms with E-state index in [1.165, 1.54) is 0 Å². The number of carboxylic acids is 2.